The van der Waals surface area contributed by atoms with Gasteiger partial charge in [-0.3, -0.25) is 4.79 Å². The standard InChI is InChI=1S/C24H28N2O3/c1-6-29-20-10-8-17(14-21(20)28-5)11-12-24-23(3,4)18-13-16(2)7-9-19(18)26(24)15-22(27)25-24/h7-14H,6,15H2,1-5H3,(H,25,27)/t24-/m0/s1. The van der Waals surface area contributed by atoms with E-state index in [4.69, 9.17) is 9.47 Å². The monoisotopic (exact) mass is 392 g/mol. The Morgan fingerprint density at radius 3 is 2.69 bits per heavy atom. The van der Waals surface area contributed by atoms with Crippen LogP contribution < -0.4 is 19.7 Å². The normalized spacial score (nSPS) is 21.8. The third kappa shape index (κ3) is 2.87. The zero-order valence-corrected chi connectivity index (χ0v) is 17.7. The summed E-state index contributed by atoms with van der Waals surface area (Å²) in [5.41, 5.74) is 3.70. The van der Waals surface area contributed by atoms with Crippen LogP contribution in [-0.4, -0.2) is 31.8 Å². The van der Waals surface area contributed by atoms with Crippen LogP contribution in [0.3, 0.4) is 0 Å². The molecule has 0 unspecified atom stereocenters. The molecule has 1 N–H and O–H groups in total. The molecule has 0 bridgehead atoms. The fourth-order valence-corrected chi connectivity index (χ4v) is 4.57. The number of fused-ring (bicyclic) bond motifs is 3. The van der Waals surface area contributed by atoms with Gasteiger partial charge in [-0.05, 0) is 49.2 Å². The molecular weight excluding hydrogens is 364 g/mol. The number of aryl methyl sites for hydroxylation is 1. The van der Waals surface area contributed by atoms with Crippen LogP contribution in [-0.2, 0) is 10.2 Å². The van der Waals surface area contributed by atoms with Crippen LogP contribution in [0, 0.1) is 6.92 Å². The molecule has 1 atom stereocenters. The van der Waals surface area contributed by atoms with Gasteiger partial charge in [0.05, 0.1) is 20.3 Å². The number of methoxy groups -OCH3 is 1. The summed E-state index contributed by atoms with van der Waals surface area (Å²) in [7, 11) is 1.64. The minimum atomic E-state index is -0.605. The Kier molecular flexibility index (Phi) is 4.56. The highest BCUT2D eigenvalue weighted by molar-refractivity contribution is 5.91. The van der Waals surface area contributed by atoms with Crippen LogP contribution in [0.2, 0.25) is 0 Å². The van der Waals surface area contributed by atoms with Crippen molar-refractivity contribution in [2.45, 2.75) is 38.8 Å². The van der Waals surface area contributed by atoms with Crippen LogP contribution in [0.1, 0.15) is 37.5 Å². The number of amides is 1. The number of nitrogens with one attached hydrogen (secondary N) is 1. The van der Waals surface area contributed by atoms with Crippen LogP contribution in [0.5, 0.6) is 11.5 Å². The molecule has 0 aliphatic carbocycles. The smallest absolute Gasteiger partial charge is 0.241 e. The number of ether oxygens (including phenoxy) is 2. The van der Waals surface area contributed by atoms with Crippen LogP contribution in [0.25, 0.3) is 6.08 Å². The number of benzene rings is 2. The molecule has 2 aliphatic rings. The Balaban J connectivity index is 1.76. The summed E-state index contributed by atoms with van der Waals surface area (Å²) in [6.45, 7) is 9.39. The Morgan fingerprint density at radius 2 is 1.97 bits per heavy atom. The molecule has 2 aliphatic heterocycles. The summed E-state index contributed by atoms with van der Waals surface area (Å²) >= 11 is 0. The van der Waals surface area contributed by atoms with Gasteiger partial charge in [-0.2, -0.15) is 0 Å². The summed E-state index contributed by atoms with van der Waals surface area (Å²) in [5.74, 6) is 1.46. The van der Waals surface area contributed by atoms with E-state index in [0.717, 1.165) is 17.0 Å². The van der Waals surface area contributed by atoms with Gasteiger partial charge >= 0.3 is 0 Å². The fourth-order valence-electron chi connectivity index (χ4n) is 4.57. The Labute approximate surface area is 172 Å². The molecule has 1 amide bonds. The van der Waals surface area contributed by atoms with E-state index in [1.54, 1.807) is 7.11 Å². The third-order valence-electron chi connectivity index (χ3n) is 6.13. The Bertz CT molecular complexity index is 996. The molecule has 29 heavy (non-hydrogen) atoms. The van der Waals surface area contributed by atoms with Gasteiger partial charge in [-0.15, -0.1) is 0 Å². The first-order chi connectivity index (χ1) is 13.8. The van der Waals surface area contributed by atoms with Gasteiger partial charge in [-0.25, -0.2) is 0 Å². The van der Waals surface area contributed by atoms with Crippen molar-refractivity contribution in [1.82, 2.24) is 5.32 Å². The second-order valence-corrected chi connectivity index (χ2v) is 8.22. The van der Waals surface area contributed by atoms with Crippen molar-refractivity contribution < 1.29 is 14.3 Å². The lowest BCUT2D eigenvalue weighted by Crippen LogP contribution is -2.58. The van der Waals surface area contributed by atoms with E-state index in [0.29, 0.717) is 18.9 Å². The molecule has 1 fully saturated rings. The van der Waals surface area contributed by atoms with E-state index in [2.05, 4.69) is 61.3 Å². The van der Waals surface area contributed by atoms with Gasteiger partial charge in [0.25, 0.3) is 0 Å². The minimum Gasteiger partial charge on any atom is -0.493 e. The van der Waals surface area contributed by atoms with Crippen LogP contribution >= 0.6 is 0 Å². The largest absolute Gasteiger partial charge is 0.493 e. The predicted octanol–water partition coefficient (Wildman–Crippen LogP) is 4.04. The number of hydrogen-bond acceptors (Lipinski definition) is 4. The average Bonchev–Trinajstić information content (AvgIpc) is 3.12. The summed E-state index contributed by atoms with van der Waals surface area (Å²) in [6, 6.07) is 12.3. The highest BCUT2D eigenvalue weighted by Gasteiger charge is 2.59. The van der Waals surface area contributed by atoms with Crippen molar-refractivity contribution in [3.63, 3.8) is 0 Å². The number of carbonyl (C=O) groups is 1. The number of hydrogen-bond donors (Lipinski definition) is 1. The van der Waals surface area contributed by atoms with Gasteiger partial charge in [0.15, 0.2) is 11.5 Å². The zero-order valence-electron chi connectivity index (χ0n) is 17.7. The SMILES string of the molecule is CCOc1ccc(C=C[C@]23NC(=O)CN2c2ccc(C)cc2C3(C)C)cc1OC. The lowest BCUT2D eigenvalue weighted by atomic mass is 9.75. The first-order valence-corrected chi connectivity index (χ1v) is 10.0. The summed E-state index contributed by atoms with van der Waals surface area (Å²) in [5, 5.41) is 3.26. The molecular formula is C24H28N2O3. The van der Waals surface area contributed by atoms with Crippen LogP contribution in [0.4, 0.5) is 5.69 Å². The summed E-state index contributed by atoms with van der Waals surface area (Å²) in [4.78, 5) is 14.6. The first-order valence-electron chi connectivity index (χ1n) is 10.0. The van der Waals surface area contributed by atoms with Crippen molar-refractivity contribution >= 4 is 17.7 Å². The molecule has 2 heterocycles. The van der Waals surface area contributed by atoms with Gasteiger partial charge < -0.3 is 19.7 Å². The quantitative estimate of drug-likeness (QED) is 0.834. The second kappa shape index (κ2) is 6.83. The summed E-state index contributed by atoms with van der Waals surface area (Å²) < 4.78 is 11.1. The number of rotatable bonds is 5. The van der Waals surface area contributed by atoms with E-state index in [-0.39, 0.29) is 11.3 Å². The molecule has 5 nitrogen and oxygen atoms in total. The van der Waals surface area contributed by atoms with E-state index in [1.165, 1.54) is 11.1 Å². The molecule has 0 spiro atoms. The van der Waals surface area contributed by atoms with Crippen molar-refractivity contribution in [3.8, 4) is 11.5 Å². The molecule has 1 saturated heterocycles. The van der Waals surface area contributed by atoms with Crippen molar-refractivity contribution in [2.75, 3.05) is 25.2 Å². The highest BCUT2D eigenvalue weighted by atomic mass is 16.5. The van der Waals surface area contributed by atoms with Crippen LogP contribution in [0.15, 0.2) is 42.5 Å². The molecule has 0 aromatic heterocycles. The molecule has 5 heteroatoms. The van der Waals surface area contributed by atoms with Crippen molar-refractivity contribution in [2.24, 2.45) is 0 Å². The molecule has 0 saturated carbocycles. The number of carbonyl (C=O) groups excluding carboxylic acids is 1. The van der Waals surface area contributed by atoms with Gasteiger partial charge in [0.2, 0.25) is 5.91 Å². The number of nitrogens with zero attached hydrogens (tertiary/aromatic N) is 1. The fraction of sp³-hybridized carbons (Fsp3) is 0.375. The Morgan fingerprint density at radius 1 is 1.17 bits per heavy atom. The van der Waals surface area contributed by atoms with Gasteiger partial charge in [-0.1, -0.05) is 43.7 Å². The van der Waals surface area contributed by atoms with E-state index >= 15 is 0 Å². The molecule has 4 rings (SSSR count). The molecule has 2 aromatic rings. The maximum absolute atomic E-state index is 12.4. The topological polar surface area (TPSA) is 50.8 Å². The maximum Gasteiger partial charge on any atom is 0.241 e. The highest BCUT2D eigenvalue weighted by Crippen LogP contribution is 2.53. The average molecular weight is 392 g/mol. The molecule has 2 aromatic carbocycles. The summed E-state index contributed by atoms with van der Waals surface area (Å²) in [6.07, 6.45) is 4.17. The van der Waals surface area contributed by atoms with Gasteiger partial charge in [0.1, 0.15) is 5.66 Å². The zero-order chi connectivity index (χ0) is 20.8. The van der Waals surface area contributed by atoms with E-state index in [1.807, 2.05) is 25.1 Å². The van der Waals surface area contributed by atoms with Crippen molar-refractivity contribution in [3.05, 3.63) is 59.2 Å². The third-order valence-corrected chi connectivity index (χ3v) is 6.13. The maximum atomic E-state index is 12.4. The Hall–Kier alpha value is -2.95. The number of anilines is 1. The lowest BCUT2D eigenvalue weighted by molar-refractivity contribution is -0.118. The van der Waals surface area contributed by atoms with Crippen molar-refractivity contribution in [1.29, 1.82) is 0 Å². The van der Waals surface area contributed by atoms with E-state index in [9.17, 15) is 4.79 Å². The lowest BCUT2D eigenvalue weighted by Gasteiger charge is -2.40. The second-order valence-electron chi connectivity index (χ2n) is 8.22. The van der Waals surface area contributed by atoms with E-state index < -0.39 is 5.66 Å². The predicted molar refractivity (Wildman–Crippen MR) is 116 cm³/mol. The molecule has 152 valence electrons. The minimum absolute atomic E-state index is 0.0400. The molecule has 0 radical (unpaired) electrons. The first kappa shape index (κ1) is 19.4. The van der Waals surface area contributed by atoms with Gasteiger partial charge in [0, 0.05) is 11.1 Å².